The van der Waals surface area contributed by atoms with Crippen molar-refractivity contribution in [2.45, 2.75) is 31.6 Å². The van der Waals surface area contributed by atoms with Gasteiger partial charge in [-0.25, -0.2) is 9.59 Å². The van der Waals surface area contributed by atoms with Crippen LogP contribution in [0, 0.1) is 0 Å². The van der Waals surface area contributed by atoms with E-state index in [9.17, 15) is 9.59 Å². The zero-order valence-corrected chi connectivity index (χ0v) is 20.6. The second-order valence-electron chi connectivity index (χ2n) is 8.45. The lowest BCUT2D eigenvalue weighted by Crippen LogP contribution is -2.51. The number of piperidine rings is 1. The van der Waals surface area contributed by atoms with Crippen molar-refractivity contribution >= 4 is 12.0 Å². The normalized spacial score (nSPS) is 21.9. The maximum atomic E-state index is 13.2. The highest BCUT2D eigenvalue weighted by Gasteiger charge is 2.41. The SMILES string of the molecule is CCOC(=O)C1=C(CN2CCC3(CC2)OCCO3)NC(=O)N[C@@H]1c1ccc(OC)c(OC)c1OC. The number of amides is 2. The third kappa shape index (κ3) is 5.02. The van der Waals surface area contributed by atoms with Gasteiger partial charge in [0.1, 0.15) is 0 Å². The topological polar surface area (TPSA) is 117 Å². The number of likely N-dealkylation sites (tertiary alicyclic amines) is 1. The Balaban J connectivity index is 1.70. The molecule has 1 aromatic rings. The zero-order chi connectivity index (χ0) is 25.0. The summed E-state index contributed by atoms with van der Waals surface area (Å²) >= 11 is 0. The minimum Gasteiger partial charge on any atom is -0.493 e. The summed E-state index contributed by atoms with van der Waals surface area (Å²) in [5, 5.41) is 5.68. The number of rotatable bonds is 8. The molecule has 2 N–H and O–H groups in total. The molecule has 4 rings (SSSR count). The molecule has 1 atom stereocenters. The molecule has 11 nitrogen and oxygen atoms in total. The molecule has 0 unspecified atom stereocenters. The van der Waals surface area contributed by atoms with E-state index in [2.05, 4.69) is 15.5 Å². The first kappa shape index (κ1) is 25.1. The van der Waals surface area contributed by atoms with Crippen molar-refractivity contribution in [3.05, 3.63) is 29.0 Å². The lowest BCUT2D eigenvalue weighted by atomic mass is 9.93. The van der Waals surface area contributed by atoms with Crippen LogP contribution < -0.4 is 24.8 Å². The lowest BCUT2D eigenvalue weighted by Gasteiger charge is -2.39. The maximum absolute atomic E-state index is 13.2. The van der Waals surface area contributed by atoms with Gasteiger partial charge in [0.2, 0.25) is 5.75 Å². The van der Waals surface area contributed by atoms with Crippen LogP contribution in [0.1, 0.15) is 31.4 Å². The van der Waals surface area contributed by atoms with E-state index < -0.39 is 23.8 Å². The summed E-state index contributed by atoms with van der Waals surface area (Å²) in [4.78, 5) is 28.1. The van der Waals surface area contributed by atoms with Crippen LogP contribution in [0.2, 0.25) is 0 Å². The van der Waals surface area contributed by atoms with Gasteiger partial charge in [-0.2, -0.15) is 0 Å². The largest absolute Gasteiger partial charge is 0.493 e. The molecule has 1 spiro atoms. The van der Waals surface area contributed by atoms with Crippen LogP contribution in [0.4, 0.5) is 4.79 Å². The first-order valence-electron chi connectivity index (χ1n) is 11.7. The molecule has 3 aliphatic heterocycles. The van der Waals surface area contributed by atoms with E-state index in [0.29, 0.717) is 79.8 Å². The van der Waals surface area contributed by atoms with Crippen molar-refractivity contribution in [2.24, 2.45) is 0 Å². The second kappa shape index (κ2) is 10.7. The second-order valence-corrected chi connectivity index (χ2v) is 8.45. The number of benzene rings is 1. The standard InChI is InChI=1S/C24H33N3O8/c1-5-33-22(28)18-16(14-27-10-8-24(9-11-27)34-12-13-35-24)25-23(29)26-19(18)15-6-7-17(30-2)21(32-4)20(15)31-3/h6-7,19H,5,8-14H2,1-4H3,(H2,25,26,29)/t19-/m1/s1. The summed E-state index contributed by atoms with van der Waals surface area (Å²) in [6.07, 6.45) is 1.43. The average Bonchev–Trinajstić information content (AvgIpc) is 3.32. The first-order chi connectivity index (χ1) is 16.9. The number of carbonyl (C=O) groups is 2. The fourth-order valence-corrected chi connectivity index (χ4v) is 4.84. The number of nitrogens with zero attached hydrogens (tertiary/aromatic N) is 1. The Bertz CT molecular complexity index is 979. The van der Waals surface area contributed by atoms with Crippen LogP contribution in [-0.4, -0.2) is 83.5 Å². The summed E-state index contributed by atoms with van der Waals surface area (Å²) in [7, 11) is 4.52. The number of urea groups is 1. The van der Waals surface area contributed by atoms with E-state index >= 15 is 0 Å². The number of nitrogens with one attached hydrogen (secondary N) is 2. The molecule has 2 fully saturated rings. The monoisotopic (exact) mass is 491 g/mol. The molecule has 192 valence electrons. The van der Waals surface area contributed by atoms with Crippen molar-refractivity contribution in [3.63, 3.8) is 0 Å². The van der Waals surface area contributed by atoms with Gasteiger partial charge in [-0.05, 0) is 19.1 Å². The van der Waals surface area contributed by atoms with E-state index in [-0.39, 0.29) is 6.61 Å². The smallest absolute Gasteiger partial charge is 0.338 e. The molecule has 3 heterocycles. The van der Waals surface area contributed by atoms with E-state index in [4.69, 9.17) is 28.4 Å². The molecule has 2 saturated heterocycles. The third-order valence-electron chi connectivity index (χ3n) is 6.51. The molecule has 0 saturated carbocycles. The number of hydrogen-bond acceptors (Lipinski definition) is 9. The molecule has 0 aliphatic carbocycles. The molecule has 0 bridgehead atoms. The van der Waals surface area contributed by atoms with Crippen LogP contribution in [-0.2, 0) is 19.0 Å². The number of esters is 1. The van der Waals surface area contributed by atoms with Crippen molar-refractivity contribution < 1.29 is 38.0 Å². The predicted octanol–water partition coefficient (Wildman–Crippen LogP) is 1.72. The van der Waals surface area contributed by atoms with E-state index in [0.717, 1.165) is 0 Å². The Labute approximate surface area is 204 Å². The lowest BCUT2D eigenvalue weighted by molar-refractivity contribution is -0.184. The quantitative estimate of drug-likeness (QED) is 0.524. The Morgan fingerprint density at radius 2 is 1.77 bits per heavy atom. The number of methoxy groups -OCH3 is 3. The molecule has 0 aromatic heterocycles. The highest BCUT2D eigenvalue weighted by atomic mass is 16.7. The van der Waals surface area contributed by atoms with E-state index in [1.807, 2.05) is 0 Å². The first-order valence-corrected chi connectivity index (χ1v) is 11.7. The predicted molar refractivity (Wildman–Crippen MR) is 124 cm³/mol. The van der Waals surface area contributed by atoms with Crippen LogP contribution in [0.25, 0.3) is 0 Å². The number of ether oxygens (including phenoxy) is 6. The Morgan fingerprint density at radius 3 is 2.37 bits per heavy atom. The molecule has 0 radical (unpaired) electrons. The molecular formula is C24H33N3O8. The summed E-state index contributed by atoms with van der Waals surface area (Å²) in [5.74, 6) is 0.155. The molecule has 1 aromatic carbocycles. The maximum Gasteiger partial charge on any atom is 0.338 e. The van der Waals surface area contributed by atoms with Crippen LogP contribution in [0.15, 0.2) is 23.4 Å². The number of hydrogen-bond donors (Lipinski definition) is 2. The molecule has 35 heavy (non-hydrogen) atoms. The van der Waals surface area contributed by atoms with Gasteiger partial charge in [-0.1, -0.05) is 0 Å². The molecule has 2 amide bonds. The molecule has 11 heteroatoms. The van der Waals surface area contributed by atoms with Gasteiger partial charge in [-0.15, -0.1) is 0 Å². The summed E-state index contributed by atoms with van der Waals surface area (Å²) in [6, 6.07) is 2.21. The van der Waals surface area contributed by atoms with E-state index in [1.54, 1.807) is 19.1 Å². The van der Waals surface area contributed by atoms with Gasteiger partial charge in [0.25, 0.3) is 0 Å². The van der Waals surface area contributed by atoms with Gasteiger partial charge in [0, 0.05) is 43.7 Å². The fourth-order valence-electron chi connectivity index (χ4n) is 4.84. The minimum absolute atomic E-state index is 0.195. The third-order valence-corrected chi connectivity index (χ3v) is 6.51. The van der Waals surface area contributed by atoms with Gasteiger partial charge >= 0.3 is 12.0 Å². The number of carbonyl (C=O) groups excluding carboxylic acids is 2. The van der Waals surface area contributed by atoms with Crippen molar-refractivity contribution in [1.82, 2.24) is 15.5 Å². The van der Waals surface area contributed by atoms with Crippen LogP contribution in [0.3, 0.4) is 0 Å². The van der Waals surface area contributed by atoms with Crippen LogP contribution >= 0.6 is 0 Å². The highest BCUT2D eigenvalue weighted by molar-refractivity contribution is 5.95. The fraction of sp³-hybridized carbons (Fsp3) is 0.583. The minimum atomic E-state index is -0.815. The Hall–Kier alpha value is -3.02. The molecular weight excluding hydrogens is 458 g/mol. The van der Waals surface area contributed by atoms with Crippen molar-refractivity contribution in [2.75, 3.05) is 60.8 Å². The summed E-state index contributed by atoms with van der Waals surface area (Å²) in [5.41, 5.74) is 1.34. The van der Waals surface area contributed by atoms with Crippen molar-refractivity contribution in [1.29, 1.82) is 0 Å². The Kier molecular flexibility index (Phi) is 7.68. The van der Waals surface area contributed by atoms with Gasteiger partial charge in [0.05, 0.1) is 52.8 Å². The Morgan fingerprint density at radius 1 is 1.09 bits per heavy atom. The zero-order valence-electron chi connectivity index (χ0n) is 20.6. The van der Waals surface area contributed by atoms with E-state index in [1.165, 1.54) is 21.3 Å². The summed E-state index contributed by atoms with van der Waals surface area (Å²) in [6.45, 7) is 4.92. The van der Waals surface area contributed by atoms with Gasteiger partial charge in [-0.3, -0.25) is 4.90 Å². The average molecular weight is 492 g/mol. The van der Waals surface area contributed by atoms with Crippen LogP contribution in [0.5, 0.6) is 17.2 Å². The van der Waals surface area contributed by atoms with Gasteiger partial charge < -0.3 is 39.1 Å². The van der Waals surface area contributed by atoms with Gasteiger partial charge in [0.15, 0.2) is 17.3 Å². The highest BCUT2D eigenvalue weighted by Crippen LogP contribution is 2.44. The summed E-state index contributed by atoms with van der Waals surface area (Å²) < 4.78 is 33.6. The molecule has 3 aliphatic rings. The van der Waals surface area contributed by atoms with Crippen molar-refractivity contribution in [3.8, 4) is 17.2 Å².